The van der Waals surface area contributed by atoms with E-state index in [1.54, 1.807) is 42.1 Å². The number of rotatable bonds is 6. The Morgan fingerprint density at radius 3 is 2.53 bits per heavy atom. The number of aromatic nitrogens is 2. The molecule has 0 radical (unpaired) electrons. The normalized spacial score (nSPS) is 13.3. The molecule has 0 fully saturated rings. The number of alkyl halides is 3. The van der Waals surface area contributed by atoms with E-state index in [1.165, 1.54) is 13.3 Å². The largest absolute Gasteiger partial charge is 0.497 e. The highest BCUT2D eigenvalue weighted by Gasteiger charge is 2.34. The Balaban J connectivity index is 2.10. The van der Waals surface area contributed by atoms with Gasteiger partial charge in [0.15, 0.2) is 0 Å². The van der Waals surface area contributed by atoms with Crippen LogP contribution in [0.25, 0.3) is 0 Å². The fourth-order valence-electron chi connectivity index (χ4n) is 2.85. The quantitative estimate of drug-likeness (QED) is 0.600. The first-order valence-electron chi connectivity index (χ1n) is 8.53. The van der Waals surface area contributed by atoms with Crippen molar-refractivity contribution in [3.05, 3.63) is 76.8 Å². The number of nitrogens with one attached hydrogen (secondary N) is 1. The zero-order valence-corrected chi connectivity index (χ0v) is 17.4. The molecule has 1 heterocycles. The van der Waals surface area contributed by atoms with Crippen molar-refractivity contribution < 1.29 is 26.3 Å². The zero-order valence-electron chi connectivity index (χ0n) is 15.8. The van der Waals surface area contributed by atoms with Gasteiger partial charge in [-0.2, -0.15) is 17.9 Å². The highest BCUT2D eigenvalue weighted by molar-refractivity contribution is 7.89. The molecule has 0 bridgehead atoms. The summed E-state index contributed by atoms with van der Waals surface area (Å²) >= 11 is 5.94. The van der Waals surface area contributed by atoms with Crippen LogP contribution in [0.1, 0.15) is 23.0 Å². The van der Waals surface area contributed by atoms with Crippen LogP contribution in [-0.2, 0) is 23.2 Å². The van der Waals surface area contributed by atoms with Gasteiger partial charge in [-0.1, -0.05) is 23.7 Å². The number of halogens is 4. The van der Waals surface area contributed by atoms with Gasteiger partial charge in [-0.3, -0.25) is 0 Å². The molecular weight excluding hydrogens is 443 g/mol. The Hall–Kier alpha value is -2.56. The summed E-state index contributed by atoms with van der Waals surface area (Å²) in [4.78, 5) is 3.51. The molecule has 0 spiro atoms. The SMILES string of the molecule is COc1cccc(C(NS(=O)(=O)c2cc(C(F)(F)F)ccc2Cl)c2nccn2C)c1. The minimum absolute atomic E-state index is 0.329. The maximum atomic E-state index is 13.1. The summed E-state index contributed by atoms with van der Waals surface area (Å²) in [5, 5.41) is -0.334. The number of benzene rings is 2. The van der Waals surface area contributed by atoms with E-state index in [0.717, 1.165) is 12.1 Å². The van der Waals surface area contributed by atoms with Gasteiger partial charge < -0.3 is 9.30 Å². The predicted molar refractivity (Wildman–Crippen MR) is 105 cm³/mol. The minimum Gasteiger partial charge on any atom is -0.497 e. The Kier molecular flexibility index (Phi) is 6.11. The lowest BCUT2D eigenvalue weighted by Gasteiger charge is -2.20. The molecule has 0 aliphatic heterocycles. The van der Waals surface area contributed by atoms with Gasteiger partial charge in [0.2, 0.25) is 10.0 Å². The van der Waals surface area contributed by atoms with Gasteiger partial charge in [0, 0.05) is 19.4 Å². The number of ether oxygens (including phenoxy) is 1. The maximum Gasteiger partial charge on any atom is 0.416 e. The number of nitrogens with zero attached hydrogens (tertiary/aromatic N) is 2. The van der Waals surface area contributed by atoms with Crippen LogP contribution in [0, 0.1) is 0 Å². The van der Waals surface area contributed by atoms with Crippen LogP contribution < -0.4 is 9.46 Å². The van der Waals surface area contributed by atoms with Crippen molar-refractivity contribution in [3.8, 4) is 5.75 Å². The molecule has 3 aromatic rings. The minimum atomic E-state index is -4.72. The second kappa shape index (κ2) is 8.29. The highest BCUT2D eigenvalue weighted by atomic mass is 35.5. The molecule has 3 rings (SSSR count). The fraction of sp³-hybridized carbons (Fsp3) is 0.211. The highest BCUT2D eigenvalue weighted by Crippen LogP contribution is 2.34. The van der Waals surface area contributed by atoms with E-state index in [1.807, 2.05) is 0 Å². The first-order chi connectivity index (χ1) is 14.0. The summed E-state index contributed by atoms with van der Waals surface area (Å²) in [6.07, 6.45) is -1.62. The predicted octanol–water partition coefficient (Wildman–Crippen LogP) is 4.17. The van der Waals surface area contributed by atoms with E-state index in [9.17, 15) is 21.6 Å². The molecular formula is C19H17ClF3N3O3S. The third kappa shape index (κ3) is 4.61. The summed E-state index contributed by atoms with van der Waals surface area (Å²) in [6.45, 7) is 0. The van der Waals surface area contributed by atoms with Gasteiger partial charge in [-0.25, -0.2) is 13.4 Å². The lowest BCUT2D eigenvalue weighted by atomic mass is 10.1. The lowest BCUT2D eigenvalue weighted by Crippen LogP contribution is -2.31. The van der Waals surface area contributed by atoms with Crippen LogP contribution in [0.5, 0.6) is 5.75 Å². The molecule has 0 saturated heterocycles. The maximum absolute atomic E-state index is 13.1. The lowest BCUT2D eigenvalue weighted by molar-refractivity contribution is -0.137. The fourth-order valence-corrected chi connectivity index (χ4v) is 4.56. The number of hydrogen-bond acceptors (Lipinski definition) is 4. The molecule has 30 heavy (non-hydrogen) atoms. The summed E-state index contributed by atoms with van der Waals surface area (Å²) in [7, 11) is -1.33. The molecule has 6 nitrogen and oxygen atoms in total. The van der Waals surface area contributed by atoms with Crippen molar-refractivity contribution in [1.29, 1.82) is 0 Å². The molecule has 0 aliphatic rings. The summed E-state index contributed by atoms with van der Waals surface area (Å²) in [5.41, 5.74) is -0.641. The van der Waals surface area contributed by atoms with Crippen molar-refractivity contribution in [2.24, 2.45) is 7.05 Å². The zero-order chi connectivity index (χ0) is 22.1. The number of aryl methyl sites for hydroxylation is 1. The number of imidazole rings is 1. The van der Waals surface area contributed by atoms with E-state index in [0.29, 0.717) is 23.2 Å². The Morgan fingerprint density at radius 1 is 1.20 bits per heavy atom. The Labute approximate surface area is 176 Å². The van der Waals surface area contributed by atoms with Gasteiger partial charge >= 0.3 is 6.18 Å². The third-order valence-corrected chi connectivity index (χ3v) is 6.27. The smallest absolute Gasteiger partial charge is 0.416 e. The van der Waals surface area contributed by atoms with Gasteiger partial charge in [-0.05, 0) is 35.9 Å². The second-order valence-corrected chi connectivity index (χ2v) is 8.46. The molecule has 160 valence electrons. The number of hydrogen-bond donors (Lipinski definition) is 1. The molecule has 0 saturated carbocycles. The topological polar surface area (TPSA) is 73.2 Å². The summed E-state index contributed by atoms with van der Waals surface area (Å²) in [6, 6.07) is 7.72. The van der Waals surface area contributed by atoms with Gasteiger partial charge in [-0.15, -0.1) is 0 Å². The molecule has 0 amide bonds. The van der Waals surface area contributed by atoms with E-state index in [4.69, 9.17) is 16.3 Å². The standard InChI is InChI=1S/C19H17ClF3N3O3S/c1-26-9-8-24-18(26)17(12-4-3-5-14(10-12)29-2)25-30(27,28)16-11-13(19(21,22)23)6-7-15(16)20/h3-11,17,25H,1-2H3. The second-order valence-electron chi connectivity index (χ2n) is 6.37. The Morgan fingerprint density at radius 2 is 1.93 bits per heavy atom. The number of methoxy groups -OCH3 is 1. The number of sulfonamides is 1. The van der Waals surface area contributed by atoms with Crippen molar-refractivity contribution >= 4 is 21.6 Å². The van der Waals surface area contributed by atoms with Gasteiger partial charge in [0.05, 0.1) is 17.7 Å². The van der Waals surface area contributed by atoms with Crippen LogP contribution in [0.4, 0.5) is 13.2 Å². The van der Waals surface area contributed by atoms with E-state index in [2.05, 4.69) is 9.71 Å². The van der Waals surface area contributed by atoms with Crippen molar-refractivity contribution in [2.75, 3.05) is 7.11 Å². The Bertz CT molecular complexity index is 1160. The van der Waals surface area contributed by atoms with Crippen LogP contribution in [0.3, 0.4) is 0 Å². The molecule has 1 atom stereocenters. The molecule has 2 aromatic carbocycles. The molecule has 1 N–H and O–H groups in total. The van der Waals surface area contributed by atoms with E-state index in [-0.39, 0.29) is 5.02 Å². The monoisotopic (exact) mass is 459 g/mol. The van der Waals surface area contributed by atoms with Crippen molar-refractivity contribution in [3.63, 3.8) is 0 Å². The van der Waals surface area contributed by atoms with Crippen LogP contribution in [0.15, 0.2) is 59.8 Å². The summed E-state index contributed by atoms with van der Waals surface area (Å²) < 4.78 is 74.6. The third-order valence-electron chi connectivity index (χ3n) is 4.36. The van der Waals surface area contributed by atoms with Crippen LogP contribution >= 0.6 is 11.6 Å². The van der Waals surface area contributed by atoms with Crippen molar-refractivity contribution in [1.82, 2.24) is 14.3 Å². The average Bonchev–Trinajstić information content (AvgIpc) is 3.11. The first kappa shape index (κ1) is 22.1. The van der Waals surface area contributed by atoms with Gasteiger partial charge in [0.1, 0.15) is 22.5 Å². The van der Waals surface area contributed by atoms with Crippen molar-refractivity contribution in [2.45, 2.75) is 17.1 Å². The molecule has 1 aromatic heterocycles. The molecule has 11 heteroatoms. The summed E-state index contributed by atoms with van der Waals surface area (Å²) in [5.74, 6) is 0.804. The molecule has 1 unspecified atom stereocenters. The van der Waals surface area contributed by atoms with Crippen LogP contribution in [-0.4, -0.2) is 25.1 Å². The van der Waals surface area contributed by atoms with E-state index < -0.39 is 32.7 Å². The molecule has 0 aliphatic carbocycles. The first-order valence-corrected chi connectivity index (χ1v) is 10.4. The van der Waals surface area contributed by atoms with Gasteiger partial charge in [0.25, 0.3) is 0 Å². The van der Waals surface area contributed by atoms with Crippen LogP contribution in [0.2, 0.25) is 5.02 Å². The van der Waals surface area contributed by atoms with E-state index >= 15 is 0 Å². The average molecular weight is 460 g/mol.